The third-order valence-corrected chi connectivity index (χ3v) is 6.17. The summed E-state index contributed by atoms with van der Waals surface area (Å²) in [7, 11) is 0. The van der Waals surface area contributed by atoms with Gasteiger partial charge in [0, 0.05) is 25.7 Å². The van der Waals surface area contributed by atoms with Gasteiger partial charge in [-0.15, -0.1) is 4.91 Å². The molecular formula is C23H26FN3O2. The van der Waals surface area contributed by atoms with Crippen molar-refractivity contribution < 1.29 is 9.18 Å². The van der Waals surface area contributed by atoms with Gasteiger partial charge in [0.05, 0.1) is 6.54 Å². The Kier molecular flexibility index (Phi) is 5.72. The highest BCUT2D eigenvalue weighted by molar-refractivity contribution is 5.79. The summed E-state index contributed by atoms with van der Waals surface area (Å²) >= 11 is 0. The predicted octanol–water partition coefficient (Wildman–Crippen LogP) is 3.78. The first kappa shape index (κ1) is 19.7. The number of halogens is 1. The summed E-state index contributed by atoms with van der Waals surface area (Å²) in [5, 5.41) is 2.66. The van der Waals surface area contributed by atoms with Crippen molar-refractivity contribution in [3.63, 3.8) is 0 Å². The van der Waals surface area contributed by atoms with Crippen molar-refractivity contribution in [2.24, 2.45) is 5.18 Å². The highest BCUT2D eigenvalue weighted by Gasteiger charge is 2.31. The first-order valence-electron chi connectivity index (χ1n) is 10.3. The summed E-state index contributed by atoms with van der Waals surface area (Å²) in [6, 6.07) is 11.4. The van der Waals surface area contributed by atoms with Crippen LogP contribution >= 0.6 is 0 Å². The zero-order chi connectivity index (χ0) is 20.4. The molecule has 6 heteroatoms. The van der Waals surface area contributed by atoms with Crippen LogP contribution in [-0.4, -0.2) is 47.9 Å². The lowest BCUT2D eigenvalue weighted by atomic mass is 9.86. The number of benzene rings is 2. The second-order valence-electron chi connectivity index (χ2n) is 8.16. The first-order chi connectivity index (χ1) is 14.0. The van der Waals surface area contributed by atoms with E-state index in [0.717, 1.165) is 37.9 Å². The second-order valence-corrected chi connectivity index (χ2v) is 8.16. The molecule has 0 bridgehead atoms. The Morgan fingerprint density at radius 1 is 1.14 bits per heavy atom. The van der Waals surface area contributed by atoms with Gasteiger partial charge >= 0.3 is 0 Å². The average Bonchev–Trinajstić information content (AvgIpc) is 2.72. The van der Waals surface area contributed by atoms with Gasteiger partial charge in [-0.05, 0) is 66.6 Å². The number of aryl methyl sites for hydroxylation is 2. The zero-order valence-corrected chi connectivity index (χ0v) is 16.7. The Bertz CT molecular complexity index is 930. The van der Waals surface area contributed by atoms with Crippen LogP contribution in [0.4, 0.5) is 10.1 Å². The maximum absolute atomic E-state index is 13.7. The van der Waals surface area contributed by atoms with E-state index < -0.39 is 5.82 Å². The summed E-state index contributed by atoms with van der Waals surface area (Å²) in [5.41, 5.74) is 4.74. The minimum Gasteiger partial charge on any atom is -0.337 e. The van der Waals surface area contributed by atoms with E-state index in [9.17, 15) is 14.1 Å². The third-order valence-electron chi connectivity index (χ3n) is 6.17. The molecule has 4 rings (SSSR count). The van der Waals surface area contributed by atoms with Gasteiger partial charge in [0.1, 0.15) is 5.69 Å². The maximum atomic E-state index is 13.7. The van der Waals surface area contributed by atoms with Crippen LogP contribution in [0.15, 0.2) is 41.6 Å². The fourth-order valence-corrected chi connectivity index (χ4v) is 4.51. The van der Waals surface area contributed by atoms with E-state index in [0.29, 0.717) is 19.5 Å². The van der Waals surface area contributed by atoms with Crippen LogP contribution in [0.25, 0.3) is 0 Å². The normalized spacial score (nSPS) is 19.9. The van der Waals surface area contributed by atoms with Gasteiger partial charge in [0.25, 0.3) is 0 Å². The fourth-order valence-electron chi connectivity index (χ4n) is 4.51. The van der Waals surface area contributed by atoms with Gasteiger partial charge in [-0.2, -0.15) is 0 Å². The molecule has 1 heterocycles. The molecule has 2 aliphatic rings. The lowest BCUT2D eigenvalue weighted by molar-refractivity contribution is -0.138. The van der Waals surface area contributed by atoms with E-state index in [2.05, 4.69) is 40.1 Å². The highest BCUT2D eigenvalue weighted by atomic mass is 19.1. The number of nitrogens with zero attached hydrogens (tertiary/aromatic N) is 3. The number of hydrogen-bond donors (Lipinski definition) is 0. The monoisotopic (exact) mass is 395 g/mol. The Morgan fingerprint density at radius 2 is 2.00 bits per heavy atom. The Morgan fingerprint density at radius 3 is 2.76 bits per heavy atom. The number of rotatable bonds is 5. The molecule has 1 saturated heterocycles. The van der Waals surface area contributed by atoms with Crippen molar-refractivity contribution in [2.75, 3.05) is 26.2 Å². The lowest BCUT2D eigenvalue weighted by Gasteiger charge is -2.41. The smallest absolute Gasteiger partial charge is 0.237 e. The van der Waals surface area contributed by atoms with Crippen LogP contribution < -0.4 is 0 Å². The van der Waals surface area contributed by atoms with Crippen LogP contribution in [-0.2, 0) is 24.1 Å². The van der Waals surface area contributed by atoms with Crippen molar-refractivity contribution in [2.45, 2.75) is 38.6 Å². The number of amides is 1. The number of nitroso groups, excluding NO2 is 1. The van der Waals surface area contributed by atoms with Gasteiger partial charge in [0.15, 0.2) is 5.82 Å². The van der Waals surface area contributed by atoms with Gasteiger partial charge in [-0.25, -0.2) is 4.39 Å². The van der Waals surface area contributed by atoms with Crippen molar-refractivity contribution in [3.05, 3.63) is 69.4 Å². The van der Waals surface area contributed by atoms with Gasteiger partial charge < -0.3 is 4.90 Å². The minimum atomic E-state index is -0.592. The molecule has 0 radical (unpaired) electrons. The lowest BCUT2D eigenvalue weighted by Crippen LogP contribution is -2.55. The predicted molar refractivity (Wildman–Crippen MR) is 111 cm³/mol. The maximum Gasteiger partial charge on any atom is 0.237 e. The van der Waals surface area contributed by atoms with E-state index >= 15 is 0 Å². The van der Waals surface area contributed by atoms with Gasteiger partial charge in [-0.3, -0.25) is 9.69 Å². The largest absolute Gasteiger partial charge is 0.337 e. The Labute approximate surface area is 170 Å². The molecule has 1 aliphatic carbocycles. The van der Waals surface area contributed by atoms with Crippen molar-refractivity contribution in [1.82, 2.24) is 9.80 Å². The first-order valence-corrected chi connectivity index (χ1v) is 10.3. The number of piperazine rings is 1. The third kappa shape index (κ3) is 4.37. The zero-order valence-electron chi connectivity index (χ0n) is 16.7. The fraction of sp³-hybridized carbons (Fsp3) is 0.435. The van der Waals surface area contributed by atoms with Gasteiger partial charge in [0.2, 0.25) is 5.91 Å². The number of fused-ring (bicyclic) bond motifs is 1. The van der Waals surface area contributed by atoms with Crippen LogP contribution in [0.2, 0.25) is 0 Å². The molecule has 1 fully saturated rings. The van der Waals surface area contributed by atoms with Crippen LogP contribution in [0.5, 0.6) is 0 Å². The van der Waals surface area contributed by atoms with E-state index in [1.54, 1.807) is 6.07 Å². The summed E-state index contributed by atoms with van der Waals surface area (Å²) in [4.78, 5) is 27.5. The minimum absolute atomic E-state index is 0.165. The molecule has 0 aromatic heterocycles. The molecule has 5 nitrogen and oxygen atoms in total. The van der Waals surface area contributed by atoms with Crippen LogP contribution in [0, 0.1) is 17.6 Å². The topological polar surface area (TPSA) is 53.0 Å². The van der Waals surface area contributed by atoms with E-state index in [-0.39, 0.29) is 17.6 Å². The number of carbonyl (C=O) groups is 1. The van der Waals surface area contributed by atoms with E-state index in [4.69, 9.17) is 0 Å². The summed E-state index contributed by atoms with van der Waals surface area (Å²) in [5.74, 6) is -0.408. The van der Waals surface area contributed by atoms with E-state index in [1.165, 1.54) is 28.8 Å². The molecule has 152 valence electrons. The molecule has 1 atom stereocenters. The SMILES string of the molecule is Cc1ccc2c(c1)CCC(N1CCN(CCc3ccc(N=O)c(F)c3)CC1=O)C2. The molecule has 29 heavy (non-hydrogen) atoms. The molecular weight excluding hydrogens is 369 g/mol. The second kappa shape index (κ2) is 8.41. The van der Waals surface area contributed by atoms with E-state index in [1.807, 2.05) is 0 Å². The standard InChI is InChI=1S/C23H26FN3O2/c1-16-2-4-19-14-20(6-5-18(19)12-16)27-11-10-26(15-23(27)28)9-8-17-3-7-22(25-29)21(24)13-17/h2-4,7,12-13,20H,5-6,8-11,14-15H2,1H3. The Balaban J connectivity index is 1.32. The number of carbonyl (C=O) groups excluding carboxylic acids is 1. The summed E-state index contributed by atoms with van der Waals surface area (Å²) < 4.78 is 13.7. The highest BCUT2D eigenvalue weighted by Crippen LogP contribution is 2.26. The molecule has 2 aromatic carbocycles. The van der Waals surface area contributed by atoms with Gasteiger partial charge in [-0.1, -0.05) is 29.8 Å². The van der Waals surface area contributed by atoms with Crippen molar-refractivity contribution >= 4 is 11.6 Å². The average molecular weight is 395 g/mol. The summed E-state index contributed by atoms with van der Waals surface area (Å²) in [6.45, 7) is 4.80. The molecule has 0 N–H and O–H groups in total. The quantitative estimate of drug-likeness (QED) is 0.724. The molecule has 2 aromatic rings. The Hall–Kier alpha value is -2.60. The van der Waals surface area contributed by atoms with Crippen LogP contribution in [0.3, 0.4) is 0 Å². The molecule has 1 aliphatic heterocycles. The van der Waals surface area contributed by atoms with Crippen molar-refractivity contribution in [1.29, 1.82) is 0 Å². The van der Waals surface area contributed by atoms with Crippen LogP contribution in [0.1, 0.15) is 28.7 Å². The summed E-state index contributed by atoms with van der Waals surface area (Å²) in [6.07, 6.45) is 3.64. The molecule has 1 unspecified atom stereocenters. The van der Waals surface area contributed by atoms with Crippen molar-refractivity contribution in [3.8, 4) is 0 Å². The molecule has 0 saturated carbocycles. The molecule has 1 amide bonds. The number of hydrogen-bond acceptors (Lipinski definition) is 4. The molecule has 0 spiro atoms.